The van der Waals surface area contributed by atoms with Crippen LogP contribution in [0.4, 0.5) is 5.69 Å². The Bertz CT molecular complexity index is 1080. The summed E-state index contributed by atoms with van der Waals surface area (Å²) in [6.45, 7) is 2.48. The van der Waals surface area contributed by atoms with E-state index in [9.17, 15) is 4.79 Å². The van der Waals surface area contributed by atoms with Gasteiger partial charge in [0.15, 0.2) is 4.32 Å². The van der Waals surface area contributed by atoms with Crippen LogP contribution in [0.15, 0.2) is 83.8 Å². The van der Waals surface area contributed by atoms with E-state index in [0.29, 0.717) is 15.8 Å². The van der Waals surface area contributed by atoms with E-state index in [2.05, 4.69) is 0 Å². The number of nitrogens with zero attached hydrogens (tertiary/aromatic N) is 1. The molecule has 1 saturated heterocycles. The molecule has 0 atom stereocenters. The summed E-state index contributed by atoms with van der Waals surface area (Å²) in [5.74, 6) is 0.624. The molecule has 3 aromatic carbocycles. The molecule has 1 aliphatic rings. The summed E-state index contributed by atoms with van der Waals surface area (Å²) in [5.41, 5.74) is 3.87. The predicted octanol–water partition coefficient (Wildman–Crippen LogP) is 5.98. The molecule has 0 radical (unpaired) electrons. The van der Waals surface area contributed by atoms with Crippen LogP contribution in [0.2, 0.25) is 0 Å². The fraction of sp³-hybridized carbons (Fsp3) is 0.0833. The third kappa shape index (κ3) is 4.42. The summed E-state index contributed by atoms with van der Waals surface area (Å²) in [6, 6.07) is 25.5. The Labute approximate surface area is 180 Å². The van der Waals surface area contributed by atoms with Crippen molar-refractivity contribution >= 4 is 46.0 Å². The molecular formula is C24H19NO2S2. The number of anilines is 1. The van der Waals surface area contributed by atoms with Crippen molar-refractivity contribution in [2.24, 2.45) is 0 Å². The maximum atomic E-state index is 13.0. The minimum atomic E-state index is -0.110. The molecule has 0 unspecified atom stereocenters. The largest absolute Gasteiger partial charge is 0.488 e. The van der Waals surface area contributed by atoms with Crippen molar-refractivity contribution < 1.29 is 9.53 Å². The summed E-state index contributed by atoms with van der Waals surface area (Å²) in [5, 5.41) is 0. The molecule has 0 spiro atoms. The zero-order valence-corrected chi connectivity index (χ0v) is 17.5. The van der Waals surface area contributed by atoms with Gasteiger partial charge < -0.3 is 4.74 Å². The van der Waals surface area contributed by atoms with Gasteiger partial charge in [0.2, 0.25) is 0 Å². The van der Waals surface area contributed by atoms with Crippen LogP contribution in [0.25, 0.3) is 6.08 Å². The summed E-state index contributed by atoms with van der Waals surface area (Å²) in [6.07, 6.45) is 1.85. The first kappa shape index (κ1) is 19.4. The second kappa shape index (κ2) is 8.64. The average molecular weight is 418 g/mol. The standard InChI is InChI=1S/C24H19NO2S2/c1-17-11-13-20(14-12-17)25-23(26)22(29-24(25)28)15-19-9-5-6-10-21(19)27-16-18-7-3-2-4-8-18/h2-15H,16H2,1H3/b22-15-. The number of para-hydroxylation sites is 1. The molecule has 0 aliphatic carbocycles. The Morgan fingerprint density at radius 3 is 2.41 bits per heavy atom. The van der Waals surface area contributed by atoms with E-state index in [-0.39, 0.29) is 5.91 Å². The van der Waals surface area contributed by atoms with E-state index in [1.54, 1.807) is 4.90 Å². The van der Waals surface area contributed by atoms with Gasteiger partial charge >= 0.3 is 0 Å². The van der Waals surface area contributed by atoms with Gasteiger partial charge in [0.25, 0.3) is 5.91 Å². The second-order valence-corrected chi connectivity index (χ2v) is 8.34. The van der Waals surface area contributed by atoms with E-state index in [4.69, 9.17) is 17.0 Å². The number of benzene rings is 3. The lowest BCUT2D eigenvalue weighted by Crippen LogP contribution is -2.27. The average Bonchev–Trinajstić information content (AvgIpc) is 3.02. The molecular weight excluding hydrogens is 398 g/mol. The number of aryl methyl sites for hydroxylation is 1. The van der Waals surface area contributed by atoms with Crippen molar-refractivity contribution in [2.75, 3.05) is 4.90 Å². The van der Waals surface area contributed by atoms with E-state index in [1.807, 2.05) is 91.9 Å². The maximum absolute atomic E-state index is 13.0. The van der Waals surface area contributed by atoms with Crippen molar-refractivity contribution in [3.63, 3.8) is 0 Å². The first-order chi connectivity index (χ1) is 14.1. The molecule has 1 fully saturated rings. The molecule has 1 aliphatic heterocycles. The molecule has 5 heteroatoms. The quantitative estimate of drug-likeness (QED) is 0.377. The Hall–Kier alpha value is -2.89. The Morgan fingerprint density at radius 2 is 1.66 bits per heavy atom. The lowest BCUT2D eigenvalue weighted by Gasteiger charge is -2.14. The van der Waals surface area contributed by atoms with Gasteiger partial charge in [-0.3, -0.25) is 9.69 Å². The van der Waals surface area contributed by atoms with Gasteiger partial charge in [0.1, 0.15) is 12.4 Å². The van der Waals surface area contributed by atoms with Crippen LogP contribution >= 0.6 is 24.0 Å². The number of thioether (sulfide) groups is 1. The normalized spacial score (nSPS) is 15.2. The van der Waals surface area contributed by atoms with E-state index in [0.717, 1.165) is 28.1 Å². The molecule has 1 amide bonds. The lowest BCUT2D eigenvalue weighted by molar-refractivity contribution is -0.113. The molecule has 4 rings (SSSR count). The number of amides is 1. The Morgan fingerprint density at radius 1 is 0.966 bits per heavy atom. The Kier molecular flexibility index (Phi) is 5.79. The smallest absolute Gasteiger partial charge is 0.270 e. The van der Waals surface area contributed by atoms with Crippen LogP contribution in [0.1, 0.15) is 16.7 Å². The van der Waals surface area contributed by atoms with Crippen molar-refractivity contribution in [3.05, 3.63) is 100 Å². The van der Waals surface area contributed by atoms with E-state index < -0.39 is 0 Å². The van der Waals surface area contributed by atoms with Gasteiger partial charge in [0.05, 0.1) is 10.6 Å². The SMILES string of the molecule is Cc1ccc(N2C(=O)/C(=C/c3ccccc3OCc3ccccc3)SC2=S)cc1. The molecule has 0 saturated carbocycles. The van der Waals surface area contributed by atoms with Crippen molar-refractivity contribution in [3.8, 4) is 5.75 Å². The summed E-state index contributed by atoms with van der Waals surface area (Å²) < 4.78 is 6.54. The van der Waals surface area contributed by atoms with Gasteiger partial charge in [0, 0.05) is 5.56 Å². The van der Waals surface area contributed by atoms with Gasteiger partial charge in [-0.1, -0.05) is 90.2 Å². The fourth-order valence-electron chi connectivity index (χ4n) is 2.99. The summed E-state index contributed by atoms with van der Waals surface area (Å²) >= 11 is 6.78. The predicted molar refractivity (Wildman–Crippen MR) is 124 cm³/mol. The van der Waals surface area contributed by atoms with E-state index in [1.165, 1.54) is 11.8 Å². The van der Waals surface area contributed by atoms with E-state index >= 15 is 0 Å². The highest BCUT2D eigenvalue weighted by Gasteiger charge is 2.33. The highest BCUT2D eigenvalue weighted by molar-refractivity contribution is 8.27. The molecule has 0 N–H and O–H groups in total. The van der Waals surface area contributed by atoms with Crippen molar-refractivity contribution in [1.82, 2.24) is 0 Å². The first-order valence-corrected chi connectivity index (χ1v) is 10.4. The number of thiocarbonyl (C=S) groups is 1. The van der Waals surface area contributed by atoms with Crippen molar-refractivity contribution in [1.29, 1.82) is 0 Å². The van der Waals surface area contributed by atoms with Crippen LogP contribution < -0.4 is 9.64 Å². The third-order valence-corrected chi connectivity index (χ3v) is 5.83. The van der Waals surface area contributed by atoms with Crippen LogP contribution in [0.5, 0.6) is 5.75 Å². The maximum Gasteiger partial charge on any atom is 0.270 e. The molecule has 29 heavy (non-hydrogen) atoms. The second-order valence-electron chi connectivity index (χ2n) is 6.66. The minimum Gasteiger partial charge on any atom is -0.488 e. The topological polar surface area (TPSA) is 29.5 Å². The molecule has 0 bridgehead atoms. The summed E-state index contributed by atoms with van der Waals surface area (Å²) in [7, 11) is 0. The van der Waals surface area contributed by atoms with Gasteiger partial charge in [-0.15, -0.1) is 0 Å². The van der Waals surface area contributed by atoms with Crippen LogP contribution in [-0.2, 0) is 11.4 Å². The van der Waals surface area contributed by atoms with Crippen LogP contribution in [0.3, 0.4) is 0 Å². The molecule has 3 nitrogen and oxygen atoms in total. The number of rotatable bonds is 5. The number of hydrogen-bond donors (Lipinski definition) is 0. The number of hydrogen-bond acceptors (Lipinski definition) is 4. The zero-order valence-electron chi connectivity index (χ0n) is 15.9. The highest BCUT2D eigenvalue weighted by atomic mass is 32.2. The van der Waals surface area contributed by atoms with Crippen LogP contribution in [-0.4, -0.2) is 10.2 Å². The monoisotopic (exact) mass is 417 g/mol. The molecule has 3 aromatic rings. The minimum absolute atomic E-state index is 0.110. The van der Waals surface area contributed by atoms with Gasteiger partial charge in [-0.05, 0) is 36.8 Å². The van der Waals surface area contributed by atoms with Crippen LogP contribution in [0, 0.1) is 6.92 Å². The molecule has 144 valence electrons. The number of ether oxygens (including phenoxy) is 1. The Balaban J connectivity index is 1.57. The third-order valence-electron chi connectivity index (χ3n) is 4.53. The lowest BCUT2D eigenvalue weighted by atomic mass is 10.1. The number of carbonyl (C=O) groups excluding carboxylic acids is 1. The number of carbonyl (C=O) groups is 1. The first-order valence-electron chi connectivity index (χ1n) is 9.22. The molecule has 1 heterocycles. The highest BCUT2D eigenvalue weighted by Crippen LogP contribution is 2.37. The summed E-state index contributed by atoms with van der Waals surface area (Å²) in [4.78, 5) is 15.2. The zero-order chi connectivity index (χ0) is 20.2. The van der Waals surface area contributed by atoms with Gasteiger partial charge in [-0.2, -0.15) is 0 Å². The van der Waals surface area contributed by atoms with Crippen molar-refractivity contribution in [2.45, 2.75) is 13.5 Å². The van der Waals surface area contributed by atoms with Gasteiger partial charge in [-0.25, -0.2) is 0 Å². The molecule has 0 aromatic heterocycles. The fourth-order valence-corrected chi connectivity index (χ4v) is 4.28.